The molecule has 2 aliphatic heterocycles. The van der Waals surface area contributed by atoms with E-state index in [1.54, 1.807) is 33.3 Å². The largest absolute Gasteiger partial charge is 0.493 e. The van der Waals surface area contributed by atoms with Crippen molar-refractivity contribution in [3.63, 3.8) is 0 Å². The monoisotopic (exact) mass is 613 g/mol. The summed E-state index contributed by atoms with van der Waals surface area (Å²) in [7, 11) is 3.21. The smallest absolute Gasteiger partial charge is 0.265 e. The average molecular weight is 615 g/mol. The van der Waals surface area contributed by atoms with E-state index in [0.29, 0.717) is 47.7 Å². The first-order valence-corrected chi connectivity index (χ1v) is 14.4. The van der Waals surface area contributed by atoms with Gasteiger partial charge >= 0.3 is 0 Å². The van der Waals surface area contributed by atoms with Crippen molar-refractivity contribution in [1.82, 2.24) is 10.2 Å². The Kier molecular flexibility index (Phi) is 9.43. The van der Waals surface area contributed by atoms with Gasteiger partial charge in [-0.3, -0.25) is 19.4 Å². The maximum Gasteiger partial charge on any atom is 0.265 e. The van der Waals surface area contributed by atoms with Gasteiger partial charge in [0.1, 0.15) is 11.8 Å². The molecule has 1 N–H and O–H groups in total. The van der Waals surface area contributed by atoms with Crippen LogP contribution in [0.4, 0.5) is 5.69 Å². The number of ether oxygens (including phenoxy) is 4. The SMILES string of the molecule is COc1ccc(-c2cccc(C(CN3CCOCC3)NC(=O)C(C)N3C(=O)COc4cc(Cl)c(Cl)cc43)c2)cc1OC. The number of nitrogens with one attached hydrogen (secondary N) is 1. The van der Waals surface area contributed by atoms with Crippen LogP contribution in [0.3, 0.4) is 0 Å². The lowest BCUT2D eigenvalue weighted by Gasteiger charge is -2.35. The topological polar surface area (TPSA) is 89.6 Å². The molecule has 1 saturated heterocycles. The van der Waals surface area contributed by atoms with E-state index >= 15 is 0 Å². The second-order valence-corrected chi connectivity index (χ2v) is 10.9. The molecule has 3 aromatic carbocycles. The summed E-state index contributed by atoms with van der Waals surface area (Å²) in [6, 6.07) is 15.7. The molecule has 42 heavy (non-hydrogen) atoms. The number of carbonyl (C=O) groups is 2. The van der Waals surface area contributed by atoms with Crippen LogP contribution in [0.1, 0.15) is 18.5 Å². The number of morpholine rings is 1. The third-order valence-corrected chi connectivity index (χ3v) is 8.24. The number of anilines is 1. The highest BCUT2D eigenvalue weighted by Gasteiger charge is 2.35. The van der Waals surface area contributed by atoms with Crippen LogP contribution >= 0.6 is 23.2 Å². The molecule has 0 saturated carbocycles. The van der Waals surface area contributed by atoms with Gasteiger partial charge in [0.25, 0.3) is 5.91 Å². The lowest BCUT2D eigenvalue weighted by Crippen LogP contribution is -2.53. The van der Waals surface area contributed by atoms with Gasteiger partial charge in [-0.2, -0.15) is 0 Å². The van der Waals surface area contributed by atoms with Gasteiger partial charge in [0.2, 0.25) is 5.91 Å². The molecule has 3 aromatic rings. The van der Waals surface area contributed by atoms with E-state index in [9.17, 15) is 9.59 Å². The number of amides is 2. The second-order valence-electron chi connectivity index (χ2n) is 10.1. The van der Waals surface area contributed by atoms with Gasteiger partial charge in [0.05, 0.1) is 49.2 Å². The zero-order valence-corrected chi connectivity index (χ0v) is 25.2. The molecule has 0 bridgehead atoms. The Balaban J connectivity index is 1.44. The molecular formula is C31H33Cl2N3O6. The molecule has 222 valence electrons. The fourth-order valence-corrected chi connectivity index (χ4v) is 5.54. The summed E-state index contributed by atoms with van der Waals surface area (Å²) in [4.78, 5) is 30.5. The van der Waals surface area contributed by atoms with E-state index in [2.05, 4.69) is 16.3 Å². The number of fused-ring (bicyclic) bond motifs is 1. The molecule has 1 fully saturated rings. The van der Waals surface area contributed by atoms with E-state index in [-0.39, 0.29) is 29.5 Å². The van der Waals surface area contributed by atoms with Crippen molar-refractivity contribution in [2.75, 3.05) is 58.6 Å². The molecule has 5 rings (SSSR count). The van der Waals surface area contributed by atoms with Gasteiger partial charge in [-0.1, -0.05) is 47.5 Å². The van der Waals surface area contributed by atoms with Crippen molar-refractivity contribution in [3.05, 3.63) is 70.2 Å². The zero-order valence-electron chi connectivity index (χ0n) is 23.7. The van der Waals surface area contributed by atoms with Crippen LogP contribution in [0.2, 0.25) is 10.0 Å². The number of benzene rings is 3. The van der Waals surface area contributed by atoms with Crippen LogP contribution in [0.5, 0.6) is 17.2 Å². The fraction of sp³-hybridized carbons (Fsp3) is 0.355. The Hall–Kier alpha value is -3.50. The Morgan fingerprint density at radius 1 is 0.976 bits per heavy atom. The average Bonchev–Trinajstić information content (AvgIpc) is 3.01. The Bertz CT molecular complexity index is 1460. The molecule has 9 nitrogen and oxygen atoms in total. The normalized spacial score (nSPS) is 16.7. The van der Waals surface area contributed by atoms with Crippen molar-refractivity contribution in [3.8, 4) is 28.4 Å². The minimum Gasteiger partial charge on any atom is -0.493 e. The fourth-order valence-electron chi connectivity index (χ4n) is 5.23. The molecule has 2 heterocycles. The zero-order chi connectivity index (χ0) is 29.8. The Morgan fingerprint density at radius 2 is 1.69 bits per heavy atom. The second kappa shape index (κ2) is 13.2. The third kappa shape index (κ3) is 6.44. The van der Waals surface area contributed by atoms with Crippen LogP contribution in [-0.4, -0.2) is 76.4 Å². The predicted molar refractivity (Wildman–Crippen MR) is 162 cm³/mol. The Morgan fingerprint density at radius 3 is 2.43 bits per heavy atom. The van der Waals surface area contributed by atoms with Gasteiger partial charge in [-0.25, -0.2) is 0 Å². The maximum atomic E-state index is 13.8. The summed E-state index contributed by atoms with van der Waals surface area (Å²) in [5, 5.41) is 3.79. The molecule has 0 radical (unpaired) electrons. The number of hydrogen-bond donors (Lipinski definition) is 1. The molecule has 2 atom stereocenters. The summed E-state index contributed by atoms with van der Waals surface area (Å²) >= 11 is 12.4. The molecule has 2 unspecified atom stereocenters. The van der Waals surface area contributed by atoms with E-state index in [1.807, 2.05) is 36.4 Å². The quantitative estimate of drug-likeness (QED) is 0.364. The van der Waals surface area contributed by atoms with Gasteiger partial charge in [-0.15, -0.1) is 0 Å². The van der Waals surface area contributed by atoms with Crippen molar-refractivity contribution < 1.29 is 28.5 Å². The van der Waals surface area contributed by atoms with Crippen molar-refractivity contribution in [2.45, 2.75) is 19.0 Å². The highest BCUT2D eigenvalue weighted by molar-refractivity contribution is 6.42. The first-order chi connectivity index (χ1) is 20.3. The summed E-state index contributed by atoms with van der Waals surface area (Å²) in [5.74, 6) is 1.02. The summed E-state index contributed by atoms with van der Waals surface area (Å²) in [6.45, 7) is 4.84. The summed E-state index contributed by atoms with van der Waals surface area (Å²) in [6.07, 6.45) is 0. The number of carbonyl (C=O) groups excluding carboxylic acids is 2. The molecular weight excluding hydrogens is 581 g/mol. The highest BCUT2D eigenvalue weighted by atomic mass is 35.5. The molecule has 0 aromatic heterocycles. The molecule has 0 spiro atoms. The van der Waals surface area contributed by atoms with E-state index in [1.165, 1.54) is 4.90 Å². The summed E-state index contributed by atoms with van der Waals surface area (Å²) < 4.78 is 22.0. The lowest BCUT2D eigenvalue weighted by molar-refractivity contribution is -0.128. The molecule has 0 aliphatic carbocycles. The molecule has 2 aliphatic rings. The van der Waals surface area contributed by atoms with Crippen molar-refractivity contribution in [1.29, 1.82) is 0 Å². The minimum absolute atomic E-state index is 0.201. The van der Waals surface area contributed by atoms with Crippen molar-refractivity contribution in [2.24, 2.45) is 0 Å². The summed E-state index contributed by atoms with van der Waals surface area (Å²) in [5.41, 5.74) is 3.25. The number of hydrogen-bond acceptors (Lipinski definition) is 7. The van der Waals surface area contributed by atoms with Crippen LogP contribution in [0, 0.1) is 0 Å². The van der Waals surface area contributed by atoms with E-state index < -0.39 is 6.04 Å². The van der Waals surface area contributed by atoms with Gasteiger partial charge < -0.3 is 24.3 Å². The van der Waals surface area contributed by atoms with Gasteiger partial charge in [-0.05, 0) is 47.9 Å². The maximum absolute atomic E-state index is 13.8. The van der Waals surface area contributed by atoms with Crippen LogP contribution < -0.4 is 24.4 Å². The first-order valence-electron chi connectivity index (χ1n) is 13.7. The predicted octanol–water partition coefficient (Wildman–Crippen LogP) is 4.98. The molecule has 2 amide bonds. The lowest BCUT2D eigenvalue weighted by atomic mass is 9.98. The van der Waals surface area contributed by atoms with Gasteiger partial charge in [0, 0.05) is 25.7 Å². The van der Waals surface area contributed by atoms with E-state index in [4.69, 9.17) is 42.1 Å². The number of halogens is 2. The highest BCUT2D eigenvalue weighted by Crippen LogP contribution is 2.40. The number of nitrogens with zero attached hydrogens (tertiary/aromatic N) is 2. The first kappa shape index (κ1) is 30.0. The minimum atomic E-state index is -0.835. The standard InChI is InChI=1S/C31H33Cl2N3O6/c1-19(36-26-15-23(32)24(33)16-28(26)42-18-30(36)37)31(38)34-25(17-35-9-11-41-12-10-35)22-6-4-5-20(13-22)21-7-8-27(39-2)29(14-21)40-3/h4-8,13-16,19,25H,9-12,17-18H2,1-3H3,(H,34,38). The third-order valence-electron chi connectivity index (χ3n) is 7.51. The molecule has 11 heteroatoms. The number of rotatable bonds is 9. The van der Waals surface area contributed by atoms with Gasteiger partial charge in [0.15, 0.2) is 18.1 Å². The van der Waals surface area contributed by atoms with Crippen LogP contribution in [0.25, 0.3) is 11.1 Å². The van der Waals surface area contributed by atoms with Crippen molar-refractivity contribution >= 4 is 40.7 Å². The van der Waals surface area contributed by atoms with Crippen LogP contribution in [-0.2, 0) is 14.3 Å². The van der Waals surface area contributed by atoms with E-state index in [0.717, 1.165) is 29.8 Å². The number of methoxy groups -OCH3 is 2. The Labute approximate surface area is 255 Å². The van der Waals surface area contributed by atoms with Crippen LogP contribution in [0.15, 0.2) is 54.6 Å².